The maximum absolute atomic E-state index is 5.85. The van der Waals surface area contributed by atoms with Crippen LogP contribution >= 0.6 is 0 Å². The summed E-state index contributed by atoms with van der Waals surface area (Å²) in [4.78, 5) is 0. The normalized spacial score (nSPS) is 10.5. The van der Waals surface area contributed by atoms with Crippen LogP contribution in [-0.4, -0.2) is 0 Å². The van der Waals surface area contributed by atoms with Crippen molar-refractivity contribution in [3.63, 3.8) is 0 Å². The molecule has 0 bridgehead atoms. The van der Waals surface area contributed by atoms with Crippen LogP contribution in [0.3, 0.4) is 0 Å². The van der Waals surface area contributed by atoms with Crippen molar-refractivity contribution in [3.8, 4) is 0 Å². The summed E-state index contributed by atoms with van der Waals surface area (Å²) < 4.78 is 0. The summed E-state index contributed by atoms with van der Waals surface area (Å²) in [7, 11) is 0. The summed E-state index contributed by atoms with van der Waals surface area (Å²) in [5.74, 6) is 0. The molecule has 0 saturated heterocycles. The Labute approximate surface area is 93.7 Å². The SMILES string of the molecule is CCCCCCC[CH]c1ccccc1N. The van der Waals surface area contributed by atoms with Gasteiger partial charge in [-0.05, 0) is 24.5 Å². The van der Waals surface area contributed by atoms with Gasteiger partial charge in [0.2, 0.25) is 0 Å². The summed E-state index contributed by atoms with van der Waals surface area (Å²) in [6.45, 7) is 2.25. The third kappa shape index (κ3) is 4.87. The second-order valence-corrected chi connectivity index (χ2v) is 4.04. The largest absolute Gasteiger partial charge is 0.398 e. The molecule has 0 spiro atoms. The Morgan fingerprint density at radius 1 is 1.07 bits per heavy atom. The van der Waals surface area contributed by atoms with Gasteiger partial charge >= 0.3 is 0 Å². The van der Waals surface area contributed by atoms with Gasteiger partial charge in [0.25, 0.3) is 0 Å². The standard InChI is InChI=1S/C14H22N/c1-2-3-4-5-6-7-10-13-11-8-9-12-14(13)15/h8-12H,2-7,15H2,1H3. The van der Waals surface area contributed by atoms with Crippen LogP contribution < -0.4 is 5.73 Å². The molecule has 0 aliphatic rings. The number of unbranched alkanes of at least 4 members (excludes halogenated alkanes) is 5. The maximum atomic E-state index is 5.85. The molecule has 1 heteroatoms. The highest BCUT2D eigenvalue weighted by atomic mass is 14.6. The highest BCUT2D eigenvalue weighted by Crippen LogP contribution is 2.16. The summed E-state index contributed by atoms with van der Waals surface area (Å²) in [6, 6.07) is 8.07. The van der Waals surface area contributed by atoms with Gasteiger partial charge in [-0.2, -0.15) is 0 Å². The Morgan fingerprint density at radius 3 is 2.53 bits per heavy atom. The number of benzene rings is 1. The number of nitrogen functional groups attached to an aromatic ring is 1. The molecule has 1 aromatic carbocycles. The first-order chi connectivity index (χ1) is 7.34. The molecule has 0 saturated carbocycles. The minimum absolute atomic E-state index is 0.894. The van der Waals surface area contributed by atoms with Gasteiger partial charge in [0.15, 0.2) is 0 Å². The Balaban J connectivity index is 2.12. The molecule has 2 N–H and O–H groups in total. The minimum atomic E-state index is 0.894. The maximum Gasteiger partial charge on any atom is 0.0349 e. The Bertz CT molecular complexity index is 268. The van der Waals surface area contributed by atoms with Crippen LogP contribution in [0.4, 0.5) is 5.69 Å². The fourth-order valence-electron chi connectivity index (χ4n) is 1.70. The molecule has 1 aromatic rings. The van der Waals surface area contributed by atoms with Crippen molar-refractivity contribution in [2.24, 2.45) is 0 Å². The Hall–Kier alpha value is -0.980. The van der Waals surface area contributed by atoms with Crippen molar-refractivity contribution in [3.05, 3.63) is 36.2 Å². The topological polar surface area (TPSA) is 26.0 Å². The van der Waals surface area contributed by atoms with Crippen LogP contribution in [0, 0.1) is 6.42 Å². The molecule has 0 unspecified atom stereocenters. The van der Waals surface area contributed by atoms with Gasteiger partial charge < -0.3 is 5.73 Å². The predicted octanol–water partition coefficient (Wildman–Crippen LogP) is 4.18. The average molecular weight is 204 g/mol. The van der Waals surface area contributed by atoms with E-state index in [9.17, 15) is 0 Å². The lowest BCUT2D eigenvalue weighted by molar-refractivity contribution is 0.631. The number of hydrogen-bond acceptors (Lipinski definition) is 1. The number of rotatable bonds is 7. The van der Waals surface area contributed by atoms with Crippen molar-refractivity contribution in [2.75, 3.05) is 5.73 Å². The fourth-order valence-corrected chi connectivity index (χ4v) is 1.70. The Kier molecular flexibility index (Phi) is 5.91. The summed E-state index contributed by atoms with van der Waals surface area (Å²) in [6.07, 6.45) is 10.1. The lowest BCUT2D eigenvalue weighted by Crippen LogP contribution is -1.92. The highest BCUT2D eigenvalue weighted by Gasteiger charge is 1.97. The van der Waals surface area contributed by atoms with Crippen molar-refractivity contribution in [2.45, 2.75) is 45.4 Å². The molecule has 1 rings (SSSR count). The predicted molar refractivity (Wildman–Crippen MR) is 67.6 cm³/mol. The summed E-state index contributed by atoms with van der Waals surface area (Å²) in [5, 5.41) is 0. The lowest BCUT2D eigenvalue weighted by atomic mass is 10.0. The van der Waals surface area contributed by atoms with E-state index in [-0.39, 0.29) is 0 Å². The van der Waals surface area contributed by atoms with Gasteiger partial charge in [-0.1, -0.05) is 57.2 Å². The molecule has 1 nitrogen and oxygen atoms in total. The molecular weight excluding hydrogens is 182 g/mol. The summed E-state index contributed by atoms with van der Waals surface area (Å²) in [5.41, 5.74) is 7.93. The van der Waals surface area contributed by atoms with Gasteiger partial charge in [0, 0.05) is 5.69 Å². The van der Waals surface area contributed by atoms with Crippen LogP contribution in [0.1, 0.15) is 51.0 Å². The van der Waals surface area contributed by atoms with E-state index in [1.54, 1.807) is 0 Å². The van der Waals surface area contributed by atoms with E-state index >= 15 is 0 Å². The van der Waals surface area contributed by atoms with E-state index in [1.807, 2.05) is 18.2 Å². The molecule has 0 fully saturated rings. The van der Waals surface area contributed by atoms with Crippen molar-refractivity contribution < 1.29 is 0 Å². The average Bonchev–Trinajstić information content (AvgIpc) is 2.25. The van der Waals surface area contributed by atoms with E-state index in [2.05, 4.69) is 19.4 Å². The smallest absolute Gasteiger partial charge is 0.0349 e. The van der Waals surface area contributed by atoms with Crippen molar-refractivity contribution >= 4 is 5.69 Å². The lowest BCUT2D eigenvalue weighted by Gasteiger charge is -2.04. The van der Waals surface area contributed by atoms with Crippen LogP contribution in [0.5, 0.6) is 0 Å². The first-order valence-electron chi connectivity index (χ1n) is 6.02. The van der Waals surface area contributed by atoms with Gasteiger partial charge in [-0.25, -0.2) is 0 Å². The molecule has 0 aliphatic heterocycles. The van der Waals surface area contributed by atoms with E-state index in [0.717, 1.165) is 12.1 Å². The van der Waals surface area contributed by atoms with E-state index in [0.29, 0.717) is 0 Å². The third-order valence-corrected chi connectivity index (χ3v) is 2.67. The third-order valence-electron chi connectivity index (χ3n) is 2.67. The number of hydrogen-bond donors (Lipinski definition) is 1. The Morgan fingerprint density at radius 2 is 1.80 bits per heavy atom. The second kappa shape index (κ2) is 7.33. The zero-order valence-electron chi connectivity index (χ0n) is 9.71. The van der Waals surface area contributed by atoms with Gasteiger partial charge in [-0.3, -0.25) is 0 Å². The summed E-state index contributed by atoms with van der Waals surface area (Å²) >= 11 is 0. The highest BCUT2D eigenvalue weighted by molar-refractivity contribution is 5.49. The molecular formula is C14H22N. The number of anilines is 1. The molecule has 0 atom stereocenters. The fraction of sp³-hybridized carbons (Fsp3) is 0.500. The quantitative estimate of drug-likeness (QED) is 0.523. The monoisotopic (exact) mass is 204 g/mol. The van der Waals surface area contributed by atoms with E-state index in [1.165, 1.54) is 37.7 Å². The van der Waals surface area contributed by atoms with Crippen LogP contribution in [-0.2, 0) is 0 Å². The molecule has 15 heavy (non-hydrogen) atoms. The first-order valence-corrected chi connectivity index (χ1v) is 6.02. The van der Waals surface area contributed by atoms with Crippen molar-refractivity contribution in [1.82, 2.24) is 0 Å². The van der Waals surface area contributed by atoms with Crippen LogP contribution in [0.25, 0.3) is 0 Å². The van der Waals surface area contributed by atoms with Crippen LogP contribution in [0.15, 0.2) is 24.3 Å². The molecule has 0 aromatic heterocycles. The molecule has 0 aliphatic carbocycles. The molecule has 1 radical (unpaired) electrons. The van der Waals surface area contributed by atoms with Gasteiger partial charge in [0.1, 0.15) is 0 Å². The van der Waals surface area contributed by atoms with E-state index < -0.39 is 0 Å². The molecule has 0 heterocycles. The van der Waals surface area contributed by atoms with E-state index in [4.69, 9.17) is 5.73 Å². The number of para-hydroxylation sites is 1. The van der Waals surface area contributed by atoms with Gasteiger partial charge in [-0.15, -0.1) is 0 Å². The van der Waals surface area contributed by atoms with Crippen molar-refractivity contribution in [1.29, 1.82) is 0 Å². The number of nitrogens with two attached hydrogens (primary N) is 1. The zero-order valence-corrected chi connectivity index (χ0v) is 9.71. The first kappa shape index (κ1) is 12.1. The van der Waals surface area contributed by atoms with Gasteiger partial charge in [0.05, 0.1) is 0 Å². The minimum Gasteiger partial charge on any atom is -0.398 e. The second-order valence-electron chi connectivity index (χ2n) is 4.04. The zero-order chi connectivity index (χ0) is 10.9. The molecule has 0 amide bonds. The molecule has 83 valence electrons. The van der Waals surface area contributed by atoms with Crippen LogP contribution in [0.2, 0.25) is 0 Å².